The number of benzene rings is 1. The lowest BCUT2D eigenvalue weighted by molar-refractivity contribution is -0.131. The zero-order chi connectivity index (χ0) is 17.8. The Bertz CT molecular complexity index is 724. The summed E-state index contributed by atoms with van der Waals surface area (Å²) in [5.74, 6) is 2.17. The van der Waals surface area contributed by atoms with E-state index in [1.54, 1.807) is 6.08 Å². The van der Waals surface area contributed by atoms with Crippen molar-refractivity contribution >= 4 is 5.97 Å². The molecule has 25 heavy (non-hydrogen) atoms. The number of aryl methyl sites for hydroxylation is 1. The van der Waals surface area contributed by atoms with Crippen molar-refractivity contribution in [3.8, 4) is 5.75 Å². The van der Waals surface area contributed by atoms with Crippen LogP contribution in [-0.2, 0) is 11.2 Å². The van der Waals surface area contributed by atoms with Crippen LogP contribution in [0.5, 0.6) is 5.75 Å². The van der Waals surface area contributed by atoms with Gasteiger partial charge in [-0.15, -0.1) is 6.58 Å². The average molecular weight is 340 g/mol. The zero-order valence-corrected chi connectivity index (χ0v) is 15.3. The highest BCUT2D eigenvalue weighted by molar-refractivity contribution is 5.69. The number of esters is 1. The van der Waals surface area contributed by atoms with Gasteiger partial charge in [0.2, 0.25) is 0 Å². The Labute approximate surface area is 150 Å². The van der Waals surface area contributed by atoms with Crippen LogP contribution in [0.3, 0.4) is 0 Å². The van der Waals surface area contributed by atoms with E-state index in [1.807, 2.05) is 6.07 Å². The molecule has 3 heteroatoms. The number of carbonyl (C=O) groups excluding carboxylic acids is 1. The van der Waals surface area contributed by atoms with E-state index in [9.17, 15) is 9.90 Å². The standard InChI is InChI=1S/C22H28O3/c1-4-22(24)12-10-20-19-7-5-15-13-16(25-14(2)23)6-8-17(15)18(19)9-11-21(20,22)3/h4,6,8,13,18-20,24H,1,5,7,9-12H2,2-3H3/t18-,19-,20+,21+,22+/m1/s1. The minimum Gasteiger partial charge on any atom is -0.427 e. The summed E-state index contributed by atoms with van der Waals surface area (Å²) in [6.07, 6.45) is 8.11. The van der Waals surface area contributed by atoms with Gasteiger partial charge in [0.15, 0.2) is 0 Å². The first-order chi connectivity index (χ1) is 11.9. The van der Waals surface area contributed by atoms with Crippen LogP contribution < -0.4 is 4.74 Å². The molecule has 0 unspecified atom stereocenters. The Morgan fingerprint density at radius 2 is 2.12 bits per heavy atom. The van der Waals surface area contributed by atoms with Gasteiger partial charge in [0.05, 0.1) is 5.60 Å². The average Bonchev–Trinajstić information content (AvgIpc) is 2.86. The van der Waals surface area contributed by atoms with E-state index in [-0.39, 0.29) is 11.4 Å². The second-order valence-corrected chi connectivity index (χ2v) is 8.49. The summed E-state index contributed by atoms with van der Waals surface area (Å²) in [7, 11) is 0. The lowest BCUT2D eigenvalue weighted by Gasteiger charge is -2.52. The van der Waals surface area contributed by atoms with Crippen LogP contribution in [0.15, 0.2) is 30.9 Å². The third kappa shape index (κ3) is 2.39. The minimum absolute atomic E-state index is 0.0366. The fourth-order valence-corrected chi connectivity index (χ4v) is 6.17. The molecule has 3 nitrogen and oxygen atoms in total. The lowest BCUT2D eigenvalue weighted by atomic mass is 9.53. The van der Waals surface area contributed by atoms with Gasteiger partial charge in [-0.1, -0.05) is 19.1 Å². The summed E-state index contributed by atoms with van der Waals surface area (Å²) in [5, 5.41) is 11.1. The van der Waals surface area contributed by atoms with Crippen molar-refractivity contribution < 1.29 is 14.6 Å². The van der Waals surface area contributed by atoms with Gasteiger partial charge in [-0.2, -0.15) is 0 Å². The van der Waals surface area contributed by atoms with Crippen LogP contribution in [0.25, 0.3) is 0 Å². The fourth-order valence-electron chi connectivity index (χ4n) is 6.17. The van der Waals surface area contributed by atoms with Crippen LogP contribution in [0, 0.1) is 17.3 Å². The van der Waals surface area contributed by atoms with Crippen LogP contribution in [0.4, 0.5) is 0 Å². The van der Waals surface area contributed by atoms with E-state index in [0.29, 0.717) is 23.5 Å². The van der Waals surface area contributed by atoms with E-state index in [2.05, 4.69) is 25.6 Å². The van der Waals surface area contributed by atoms with Gasteiger partial charge in [-0.25, -0.2) is 0 Å². The molecule has 1 aromatic rings. The Morgan fingerprint density at radius 3 is 2.84 bits per heavy atom. The molecule has 0 aromatic heterocycles. The van der Waals surface area contributed by atoms with Gasteiger partial charge in [-0.3, -0.25) is 4.79 Å². The first kappa shape index (κ1) is 16.8. The molecule has 0 aliphatic heterocycles. The molecule has 3 aliphatic rings. The molecule has 0 radical (unpaired) electrons. The number of aliphatic hydroxyl groups is 1. The highest BCUT2D eigenvalue weighted by atomic mass is 16.5. The van der Waals surface area contributed by atoms with Gasteiger partial charge in [0.1, 0.15) is 5.75 Å². The molecule has 0 bridgehead atoms. The third-order valence-electron chi connectivity index (χ3n) is 7.51. The van der Waals surface area contributed by atoms with E-state index in [0.717, 1.165) is 38.5 Å². The molecule has 0 heterocycles. The number of hydrogen-bond acceptors (Lipinski definition) is 3. The maximum Gasteiger partial charge on any atom is 0.308 e. The summed E-state index contributed by atoms with van der Waals surface area (Å²) >= 11 is 0. The van der Waals surface area contributed by atoms with Crippen molar-refractivity contribution in [1.82, 2.24) is 0 Å². The summed E-state index contributed by atoms with van der Waals surface area (Å²) in [6, 6.07) is 6.16. The number of carbonyl (C=O) groups is 1. The largest absolute Gasteiger partial charge is 0.427 e. The van der Waals surface area contributed by atoms with E-state index >= 15 is 0 Å². The first-order valence-electron chi connectivity index (χ1n) is 9.55. The van der Waals surface area contributed by atoms with Crippen LogP contribution in [0.2, 0.25) is 0 Å². The third-order valence-corrected chi connectivity index (χ3v) is 7.51. The number of fused-ring (bicyclic) bond motifs is 5. The molecule has 2 saturated carbocycles. The van der Waals surface area contributed by atoms with E-state index in [4.69, 9.17) is 4.74 Å². The van der Waals surface area contributed by atoms with Crippen LogP contribution in [0.1, 0.15) is 63.0 Å². The molecule has 134 valence electrons. The minimum atomic E-state index is -0.706. The molecule has 4 rings (SSSR count). The predicted molar refractivity (Wildman–Crippen MR) is 97.5 cm³/mol. The summed E-state index contributed by atoms with van der Waals surface area (Å²) in [4.78, 5) is 11.2. The van der Waals surface area contributed by atoms with Crippen molar-refractivity contribution in [2.45, 2.75) is 63.9 Å². The van der Waals surface area contributed by atoms with Crippen molar-refractivity contribution in [3.63, 3.8) is 0 Å². The normalized spacial score (nSPS) is 39.1. The SMILES string of the molecule is C=C[C@]1(O)CC[C@H]2[C@@H]3CCc4cc(OC(C)=O)ccc4[C@H]3CC[C@@]21C. The van der Waals surface area contributed by atoms with Crippen LogP contribution in [-0.4, -0.2) is 16.7 Å². The van der Waals surface area contributed by atoms with E-state index in [1.165, 1.54) is 18.1 Å². The van der Waals surface area contributed by atoms with Gasteiger partial charge >= 0.3 is 5.97 Å². The maximum atomic E-state index is 11.2. The Morgan fingerprint density at radius 1 is 1.32 bits per heavy atom. The second kappa shape index (κ2) is 5.70. The smallest absolute Gasteiger partial charge is 0.308 e. The fraction of sp³-hybridized carbons (Fsp3) is 0.591. The molecule has 3 aliphatic carbocycles. The highest BCUT2D eigenvalue weighted by Gasteiger charge is 2.60. The summed E-state index contributed by atoms with van der Waals surface area (Å²) < 4.78 is 5.26. The second-order valence-electron chi connectivity index (χ2n) is 8.49. The van der Waals surface area contributed by atoms with Crippen molar-refractivity contribution in [2.75, 3.05) is 0 Å². The molecule has 2 fully saturated rings. The molecular weight excluding hydrogens is 312 g/mol. The van der Waals surface area contributed by atoms with Crippen LogP contribution >= 0.6 is 0 Å². The first-order valence-corrected chi connectivity index (χ1v) is 9.55. The quantitative estimate of drug-likeness (QED) is 0.493. The Kier molecular flexibility index (Phi) is 3.84. The van der Waals surface area contributed by atoms with Gasteiger partial charge in [0.25, 0.3) is 0 Å². The van der Waals surface area contributed by atoms with Crippen molar-refractivity contribution in [1.29, 1.82) is 0 Å². The molecule has 0 amide bonds. The topological polar surface area (TPSA) is 46.5 Å². The number of ether oxygens (including phenoxy) is 1. The molecule has 1 aromatic carbocycles. The zero-order valence-electron chi connectivity index (χ0n) is 15.3. The van der Waals surface area contributed by atoms with Crippen molar-refractivity contribution in [2.24, 2.45) is 17.3 Å². The molecule has 0 spiro atoms. The summed E-state index contributed by atoms with van der Waals surface area (Å²) in [6.45, 7) is 7.65. The van der Waals surface area contributed by atoms with Gasteiger partial charge in [-0.05, 0) is 79.5 Å². The molecule has 5 atom stereocenters. The Balaban J connectivity index is 1.64. The summed E-state index contributed by atoms with van der Waals surface area (Å²) in [5.41, 5.74) is 2.02. The van der Waals surface area contributed by atoms with Gasteiger partial charge in [0, 0.05) is 12.3 Å². The van der Waals surface area contributed by atoms with Crippen molar-refractivity contribution in [3.05, 3.63) is 42.0 Å². The molecule has 1 N–H and O–H groups in total. The number of hydrogen-bond donors (Lipinski definition) is 1. The number of rotatable bonds is 2. The predicted octanol–water partition coefficient (Wildman–Crippen LogP) is 4.39. The maximum absolute atomic E-state index is 11.2. The molecule has 0 saturated heterocycles. The lowest BCUT2D eigenvalue weighted by Crippen LogP contribution is -2.49. The monoisotopic (exact) mass is 340 g/mol. The Hall–Kier alpha value is -1.61. The molecular formula is C22H28O3. The van der Waals surface area contributed by atoms with Gasteiger partial charge < -0.3 is 9.84 Å². The van der Waals surface area contributed by atoms with E-state index < -0.39 is 5.60 Å². The highest BCUT2D eigenvalue weighted by Crippen LogP contribution is 2.64.